The monoisotopic (exact) mass is 526 g/mol. The first-order chi connectivity index (χ1) is 17.4. The first kappa shape index (κ1) is 26.3. The van der Waals surface area contributed by atoms with E-state index in [1.165, 1.54) is 17.7 Å². The van der Waals surface area contributed by atoms with Crippen LogP contribution >= 0.6 is 23.2 Å². The van der Waals surface area contributed by atoms with Crippen molar-refractivity contribution in [1.82, 2.24) is 10.2 Å². The molecular weight excluding hydrogens is 498 g/mol. The molecule has 0 unspecified atom stereocenters. The molecule has 1 heterocycles. The number of rotatable bonds is 9. The normalized spacial score (nSPS) is 14.1. The molecule has 0 atom stereocenters. The highest BCUT2D eigenvalue weighted by Gasteiger charge is 2.25. The second kappa shape index (κ2) is 12.5. The number of carbonyl (C=O) groups excluding carboxylic acids is 2. The molecule has 36 heavy (non-hydrogen) atoms. The fourth-order valence-corrected chi connectivity index (χ4v) is 5.10. The van der Waals surface area contributed by atoms with Crippen molar-refractivity contribution in [3.8, 4) is 0 Å². The zero-order valence-electron chi connectivity index (χ0n) is 20.0. The summed E-state index contributed by atoms with van der Waals surface area (Å²) in [6.07, 6.45) is 2.38. The molecule has 0 aromatic heterocycles. The van der Waals surface area contributed by atoms with Crippen LogP contribution in [0.1, 0.15) is 41.0 Å². The highest BCUT2D eigenvalue weighted by molar-refractivity contribution is 6.36. The van der Waals surface area contributed by atoms with Gasteiger partial charge in [-0.3, -0.25) is 9.59 Å². The number of Topliss-reactive ketones (excluding diaryl/α,β-unsaturated/α-hetero) is 1. The van der Waals surface area contributed by atoms with Crippen LogP contribution in [0.5, 0.6) is 0 Å². The highest BCUT2D eigenvalue weighted by Crippen LogP contribution is 2.30. The maximum Gasteiger partial charge on any atom is 0.227 e. The molecule has 4 rings (SSSR count). The van der Waals surface area contributed by atoms with E-state index in [0.717, 1.165) is 24.0 Å². The molecule has 1 saturated heterocycles. The standard InChI is InChI=1S/C29H29Cl2FN2O2/c30-27-2-1-3-28(31)26(27)17-29(36)34-14-12-23(13-15-34)22-8-4-20(5-9-22)16-25(35)19-33-18-21-6-10-24(32)11-7-21/h1-11,23,33H,12-19H2. The number of halogens is 3. The average molecular weight is 527 g/mol. The van der Waals surface area contributed by atoms with Gasteiger partial charge in [-0.05, 0) is 65.3 Å². The number of amides is 1. The van der Waals surface area contributed by atoms with Gasteiger partial charge in [0.15, 0.2) is 5.78 Å². The van der Waals surface area contributed by atoms with Gasteiger partial charge in [0.25, 0.3) is 0 Å². The van der Waals surface area contributed by atoms with E-state index in [1.54, 1.807) is 30.3 Å². The summed E-state index contributed by atoms with van der Waals surface area (Å²) in [6.45, 7) is 2.19. The van der Waals surface area contributed by atoms with E-state index in [1.807, 2.05) is 17.0 Å². The fraction of sp³-hybridized carbons (Fsp3) is 0.310. The fourth-order valence-electron chi connectivity index (χ4n) is 4.57. The Hall–Kier alpha value is -2.73. The van der Waals surface area contributed by atoms with Crippen molar-refractivity contribution < 1.29 is 14.0 Å². The number of piperidine rings is 1. The van der Waals surface area contributed by atoms with Crippen LogP contribution in [0.2, 0.25) is 10.0 Å². The predicted octanol–water partition coefficient (Wildman–Crippen LogP) is 5.98. The Balaban J connectivity index is 1.21. The Morgan fingerprint density at radius 3 is 2.11 bits per heavy atom. The molecule has 4 nitrogen and oxygen atoms in total. The largest absolute Gasteiger partial charge is 0.342 e. The molecule has 1 fully saturated rings. The minimum Gasteiger partial charge on any atom is -0.342 e. The molecule has 1 N–H and O–H groups in total. The summed E-state index contributed by atoms with van der Waals surface area (Å²) in [5, 5.41) is 4.16. The minimum atomic E-state index is -0.268. The smallest absolute Gasteiger partial charge is 0.227 e. The molecule has 3 aromatic rings. The van der Waals surface area contributed by atoms with Crippen molar-refractivity contribution in [3.63, 3.8) is 0 Å². The van der Waals surface area contributed by atoms with Gasteiger partial charge in [0.1, 0.15) is 5.82 Å². The molecule has 1 amide bonds. The van der Waals surface area contributed by atoms with Gasteiger partial charge >= 0.3 is 0 Å². The first-order valence-corrected chi connectivity index (χ1v) is 12.9. The van der Waals surface area contributed by atoms with Gasteiger partial charge in [0, 0.05) is 36.1 Å². The summed E-state index contributed by atoms with van der Waals surface area (Å²) in [4.78, 5) is 27.0. The van der Waals surface area contributed by atoms with E-state index < -0.39 is 0 Å². The third kappa shape index (κ3) is 7.16. The lowest BCUT2D eigenvalue weighted by Gasteiger charge is -2.32. The molecule has 0 aliphatic carbocycles. The van der Waals surface area contributed by atoms with Crippen LogP contribution in [-0.4, -0.2) is 36.2 Å². The molecule has 0 saturated carbocycles. The maximum absolute atomic E-state index is 13.0. The molecule has 0 bridgehead atoms. The topological polar surface area (TPSA) is 49.4 Å². The molecule has 3 aromatic carbocycles. The summed E-state index contributed by atoms with van der Waals surface area (Å²) < 4.78 is 13.0. The number of carbonyl (C=O) groups is 2. The van der Waals surface area contributed by atoms with Crippen molar-refractivity contribution in [2.45, 2.75) is 38.1 Å². The molecular formula is C29H29Cl2FN2O2. The Morgan fingerprint density at radius 1 is 0.861 bits per heavy atom. The van der Waals surface area contributed by atoms with Crippen molar-refractivity contribution in [2.24, 2.45) is 0 Å². The van der Waals surface area contributed by atoms with Crippen LogP contribution in [0.25, 0.3) is 0 Å². The summed E-state index contributed by atoms with van der Waals surface area (Å²) in [6, 6.07) is 19.8. The van der Waals surface area contributed by atoms with Gasteiger partial charge in [-0.25, -0.2) is 4.39 Å². The average Bonchev–Trinajstić information content (AvgIpc) is 2.88. The second-order valence-electron chi connectivity index (χ2n) is 9.22. The van der Waals surface area contributed by atoms with Gasteiger partial charge in [0.2, 0.25) is 5.91 Å². The third-order valence-electron chi connectivity index (χ3n) is 6.65. The zero-order chi connectivity index (χ0) is 25.5. The lowest BCUT2D eigenvalue weighted by Crippen LogP contribution is -2.38. The quantitative estimate of drug-likeness (QED) is 0.373. The lowest BCUT2D eigenvalue weighted by atomic mass is 9.88. The molecule has 1 aliphatic heterocycles. The van der Waals surface area contributed by atoms with Crippen LogP contribution < -0.4 is 5.32 Å². The van der Waals surface area contributed by atoms with E-state index in [4.69, 9.17) is 23.2 Å². The van der Waals surface area contributed by atoms with Crippen LogP contribution in [0.15, 0.2) is 66.7 Å². The second-order valence-corrected chi connectivity index (χ2v) is 10.0. The van der Waals surface area contributed by atoms with Crippen molar-refractivity contribution in [1.29, 1.82) is 0 Å². The van der Waals surface area contributed by atoms with Crippen LogP contribution in [0.3, 0.4) is 0 Å². The number of nitrogens with one attached hydrogen (secondary N) is 1. The minimum absolute atomic E-state index is 0.0466. The van der Waals surface area contributed by atoms with Gasteiger partial charge in [0.05, 0.1) is 13.0 Å². The SMILES string of the molecule is O=C(CNCc1ccc(F)cc1)Cc1ccc(C2CCN(C(=O)Cc3c(Cl)cccc3Cl)CC2)cc1. The Morgan fingerprint density at radius 2 is 1.47 bits per heavy atom. The van der Waals surface area contributed by atoms with Gasteiger partial charge in [-0.15, -0.1) is 0 Å². The van der Waals surface area contributed by atoms with Crippen molar-refractivity contribution >= 4 is 34.9 Å². The lowest BCUT2D eigenvalue weighted by molar-refractivity contribution is -0.131. The highest BCUT2D eigenvalue weighted by atomic mass is 35.5. The summed E-state index contributed by atoms with van der Waals surface area (Å²) in [7, 11) is 0. The number of benzene rings is 3. The predicted molar refractivity (Wildman–Crippen MR) is 142 cm³/mol. The zero-order valence-corrected chi connectivity index (χ0v) is 21.5. The van der Waals surface area contributed by atoms with Crippen molar-refractivity contribution in [2.75, 3.05) is 19.6 Å². The van der Waals surface area contributed by atoms with Crippen molar-refractivity contribution in [3.05, 3.63) is 105 Å². The van der Waals surface area contributed by atoms with E-state index >= 15 is 0 Å². The Bertz CT molecular complexity index is 1170. The first-order valence-electron chi connectivity index (χ1n) is 12.2. The Labute approximate surface area is 221 Å². The third-order valence-corrected chi connectivity index (χ3v) is 7.36. The number of nitrogens with zero attached hydrogens (tertiary/aromatic N) is 1. The van der Waals surface area contributed by atoms with E-state index in [2.05, 4.69) is 17.4 Å². The molecule has 0 spiro atoms. The van der Waals surface area contributed by atoms with Gasteiger partial charge in [-0.1, -0.05) is 65.7 Å². The van der Waals surface area contributed by atoms with Crippen LogP contribution in [0.4, 0.5) is 4.39 Å². The van der Waals surface area contributed by atoms with E-state index in [0.29, 0.717) is 47.6 Å². The van der Waals surface area contributed by atoms with Crippen LogP contribution in [0, 0.1) is 5.82 Å². The molecule has 1 aliphatic rings. The van der Waals surface area contributed by atoms with Crippen LogP contribution in [-0.2, 0) is 29.0 Å². The summed E-state index contributed by atoms with van der Waals surface area (Å²) >= 11 is 12.4. The molecule has 0 radical (unpaired) electrons. The number of ketones is 1. The molecule has 7 heteroatoms. The van der Waals surface area contributed by atoms with Gasteiger partial charge < -0.3 is 10.2 Å². The Kier molecular flexibility index (Phi) is 9.13. The summed E-state index contributed by atoms with van der Waals surface area (Å²) in [5.41, 5.74) is 3.84. The number of hydrogen-bond donors (Lipinski definition) is 1. The van der Waals surface area contributed by atoms with E-state index in [-0.39, 0.29) is 30.5 Å². The van der Waals surface area contributed by atoms with E-state index in [9.17, 15) is 14.0 Å². The number of likely N-dealkylation sites (tertiary alicyclic amines) is 1. The number of hydrogen-bond acceptors (Lipinski definition) is 3. The summed E-state index contributed by atoms with van der Waals surface area (Å²) in [5.74, 6) is 0.275. The maximum atomic E-state index is 13.0. The van der Waals surface area contributed by atoms with Gasteiger partial charge in [-0.2, -0.15) is 0 Å². The molecule has 188 valence electrons.